The number of nitrogens with one attached hydrogen (secondary N) is 5. The molecule has 0 aliphatic carbocycles. The lowest BCUT2D eigenvalue weighted by atomic mass is 9.97. The first kappa shape index (κ1) is 68.4. The maximum Gasteiger partial charge on any atom is 0.328 e. The highest BCUT2D eigenvalue weighted by molar-refractivity contribution is 7.84. The predicted molar refractivity (Wildman–Crippen MR) is 361 cm³/mol. The summed E-state index contributed by atoms with van der Waals surface area (Å²) in [5.41, 5.74) is 12.4. The number of hydrogen-bond donors (Lipinski definition) is 6. The summed E-state index contributed by atoms with van der Waals surface area (Å²) in [6.45, 7) is 16.7. The fourth-order valence-electron chi connectivity index (χ4n) is 12.1. The van der Waals surface area contributed by atoms with Crippen molar-refractivity contribution >= 4 is 63.6 Å². The van der Waals surface area contributed by atoms with E-state index in [1.165, 1.54) is 49.9 Å². The van der Waals surface area contributed by atoms with E-state index in [-0.39, 0.29) is 65.8 Å². The van der Waals surface area contributed by atoms with Crippen LogP contribution in [0.3, 0.4) is 0 Å². The number of carbonyl (C=O) groups excluding carboxylic acids is 4. The van der Waals surface area contributed by atoms with Crippen LogP contribution in [0.1, 0.15) is 120 Å². The molecular formula is C71H78F4N14O5S. The van der Waals surface area contributed by atoms with Crippen molar-refractivity contribution in [3.8, 4) is 22.5 Å². The number of aryl methyl sites for hydroxylation is 2. The van der Waals surface area contributed by atoms with Crippen LogP contribution in [0.25, 0.3) is 22.5 Å². The number of nitrogens with zero attached hydrogens (tertiary/aromatic N) is 8. The number of carbonyl (C=O) groups is 4. The molecule has 496 valence electrons. The third-order valence-corrected chi connectivity index (χ3v) is 17.4. The van der Waals surface area contributed by atoms with Crippen LogP contribution in [0, 0.1) is 37.1 Å². The van der Waals surface area contributed by atoms with E-state index in [1.807, 2.05) is 65.8 Å². The first-order valence-corrected chi connectivity index (χ1v) is 33.3. The molecule has 24 heteroatoms. The summed E-state index contributed by atoms with van der Waals surface area (Å²) >= 11 is 0. The number of likely N-dealkylation sites (tertiary alicyclic amines) is 2. The zero-order chi connectivity index (χ0) is 67.6. The Kier molecular flexibility index (Phi) is 22.1. The van der Waals surface area contributed by atoms with Gasteiger partial charge in [-0.2, -0.15) is 4.98 Å². The van der Waals surface area contributed by atoms with Gasteiger partial charge in [0.2, 0.25) is 11.1 Å². The van der Waals surface area contributed by atoms with Gasteiger partial charge in [0, 0.05) is 70.9 Å². The maximum atomic E-state index is 15.2. The summed E-state index contributed by atoms with van der Waals surface area (Å²) < 4.78 is 72.1. The van der Waals surface area contributed by atoms with Crippen LogP contribution < -0.4 is 42.1 Å². The Morgan fingerprint density at radius 1 is 0.558 bits per heavy atom. The monoisotopic (exact) mass is 1310 g/mol. The van der Waals surface area contributed by atoms with Crippen molar-refractivity contribution in [2.75, 3.05) is 60.6 Å². The van der Waals surface area contributed by atoms with E-state index in [1.54, 1.807) is 30.3 Å². The standard InChI is InChI=1S/C35H37F2N7O2.C24H23F2N5O3S.C12H18N2/c1-21(2)40-33(45)24-15-14-22(3)25(18-24)30-26-19-39-35(46)44(31-27(36)12-9-13-28(31)37)32(26)42-34(41-30)38-20-29(43-16-7-8-17-43)23-10-5-4-6-11-23;1-12(2)28-22(32)14-9-8-13(3)15(10-14)19-16-11-27-24(33)31(20-17(25)6-5-7-18(20)26)21(16)30-23(29-19)35(4)34;13-10-12(14-8-4-5-9-14)11-6-2-1-3-7-11/h4-6,9-15,18,21,29H,7-8,16-17,19-20H2,1-3H3,(H,39,46)(H,40,45)(H,38,41,42);5-10,12H,11H2,1-4H3,(H,27,33)(H,28,32);1-3,6-7,12H,4-5,8-10,13H2. The first-order chi connectivity index (χ1) is 45.7. The molecule has 95 heavy (non-hydrogen) atoms. The number of urea groups is 2. The molecule has 8 aromatic rings. The van der Waals surface area contributed by atoms with Crippen LogP contribution in [0.15, 0.2) is 139 Å². The Morgan fingerprint density at radius 3 is 1.39 bits per heavy atom. The van der Waals surface area contributed by atoms with Gasteiger partial charge in [-0.3, -0.25) is 23.6 Å². The zero-order valence-corrected chi connectivity index (χ0v) is 54.9. The molecule has 0 spiro atoms. The van der Waals surface area contributed by atoms with Crippen molar-refractivity contribution in [3.63, 3.8) is 0 Å². The Bertz CT molecular complexity index is 4100. The third-order valence-electron chi connectivity index (χ3n) is 16.7. The minimum atomic E-state index is -1.68. The average Bonchev–Trinajstić information content (AvgIpc) is 1.66. The molecule has 3 atom stereocenters. The van der Waals surface area contributed by atoms with E-state index >= 15 is 8.78 Å². The molecule has 12 rings (SSSR count). The topological polar surface area (TPSA) is 236 Å². The lowest BCUT2D eigenvalue weighted by molar-refractivity contribution is 0.0934. The minimum Gasteiger partial charge on any atom is -0.352 e. The van der Waals surface area contributed by atoms with Crippen molar-refractivity contribution < 1.29 is 40.9 Å². The van der Waals surface area contributed by atoms with Crippen molar-refractivity contribution in [3.05, 3.63) is 201 Å². The van der Waals surface area contributed by atoms with E-state index in [9.17, 15) is 32.2 Å². The van der Waals surface area contributed by atoms with Gasteiger partial charge in [0.15, 0.2) is 11.6 Å². The van der Waals surface area contributed by atoms with Crippen molar-refractivity contribution in [2.24, 2.45) is 5.73 Å². The number of halogens is 4. The Morgan fingerprint density at radius 2 is 0.968 bits per heavy atom. The van der Waals surface area contributed by atoms with Crippen LogP contribution in [-0.4, -0.2) is 115 Å². The van der Waals surface area contributed by atoms with Crippen molar-refractivity contribution in [1.82, 2.24) is 51.0 Å². The smallest absolute Gasteiger partial charge is 0.328 e. The average molecular weight is 1320 g/mol. The van der Waals surface area contributed by atoms with Gasteiger partial charge in [-0.25, -0.2) is 51.9 Å². The maximum absolute atomic E-state index is 15.2. The van der Waals surface area contributed by atoms with Crippen LogP contribution in [0.2, 0.25) is 0 Å². The highest BCUT2D eigenvalue weighted by Crippen LogP contribution is 2.42. The number of amides is 6. The number of aromatic nitrogens is 4. The number of anilines is 5. The Labute approximate surface area is 552 Å². The van der Waals surface area contributed by atoms with Crippen LogP contribution in [0.4, 0.5) is 56.1 Å². The van der Waals surface area contributed by atoms with Gasteiger partial charge >= 0.3 is 12.1 Å². The van der Waals surface area contributed by atoms with Gasteiger partial charge in [-0.1, -0.05) is 84.9 Å². The number of fused-ring (bicyclic) bond motifs is 2. The van der Waals surface area contributed by atoms with E-state index < -0.39 is 57.5 Å². The van der Waals surface area contributed by atoms with Crippen LogP contribution in [0.5, 0.6) is 0 Å². The second-order valence-corrected chi connectivity index (χ2v) is 25.5. The molecule has 6 heterocycles. The highest BCUT2D eigenvalue weighted by atomic mass is 32.2. The van der Waals surface area contributed by atoms with Crippen LogP contribution in [-0.2, 0) is 23.9 Å². The van der Waals surface area contributed by atoms with Gasteiger partial charge in [0.1, 0.15) is 34.6 Å². The second kappa shape index (κ2) is 30.7. The summed E-state index contributed by atoms with van der Waals surface area (Å²) in [4.78, 5) is 76.7. The van der Waals surface area contributed by atoms with Crippen molar-refractivity contribution in [2.45, 2.75) is 110 Å². The Balaban J connectivity index is 0.000000176. The van der Waals surface area contributed by atoms with Crippen LogP contribution >= 0.6 is 0 Å². The molecule has 4 aliphatic heterocycles. The van der Waals surface area contributed by atoms with Crippen molar-refractivity contribution in [1.29, 1.82) is 0 Å². The molecule has 0 radical (unpaired) electrons. The molecule has 0 bridgehead atoms. The second-order valence-electron chi connectivity index (χ2n) is 24.2. The summed E-state index contributed by atoms with van der Waals surface area (Å²) in [6.07, 6.45) is 6.23. The number of benzene rings is 6. The van der Waals surface area contributed by atoms with E-state index in [0.717, 1.165) is 83.2 Å². The summed E-state index contributed by atoms with van der Waals surface area (Å²) in [5, 5.41) is 14.3. The van der Waals surface area contributed by atoms with Gasteiger partial charge < -0.3 is 32.3 Å². The van der Waals surface area contributed by atoms with E-state index in [4.69, 9.17) is 15.7 Å². The summed E-state index contributed by atoms with van der Waals surface area (Å²) in [7, 11) is -1.68. The zero-order valence-electron chi connectivity index (χ0n) is 54.1. The van der Waals surface area contributed by atoms with Gasteiger partial charge in [0.05, 0.1) is 41.3 Å². The molecular weight excluding hydrogens is 1240 g/mol. The number of para-hydroxylation sites is 2. The lowest BCUT2D eigenvalue weighted by Gasteiger charge is -2.31. The fraction of sp³-hybridized carbons (Fsp3) is 0.324. The molecule has 4 aliphatic rings. The highest BCUT2D eigenvalue weighted by Gasteiger charge is 2.37. The minimum absolute atomic E-state index is 0.0264. The molecule has 0 saturated carbocycles. The van der Waals surface area contributed by atoms with E-state index in [0.29, 0.717) is 57.4 Å². The molecule has 2 aromatic heterocycles. The van der Waals surface area contributed by atoms with Gasteiger partial charge in [0.25, 0.3) is 11.8 Å². The fourth-order valence-corrected chi connectivity index (χ4v) is 12.5. The molecule has 6 amide bonds. The molecule has 6 aromatic carbocycles. The number of hydrogen-bond acceptors (Lipinski definition) is 13. The normalized spacial score (nSPS) is 15.5. The third kappa shape index (κ3) is 15.7. The van der Waals surface area contributed by atoms with Gasteiger partial charge in [-0.15, -0.1) is 0 Å². The SMILES string of the molecule is Cc1ccc(C(=O)NC(C)C)cc1-c1nc(NCC(c2ccccc2)N2CCCC2)nc2c1CNC(=O)N2c1c(F)cccc1F.Cc1ccc(C(=O)NC(C)C)cc1-c1nc(S(C)=O)nc2c1CNC(=O)N2c1c(F)cccc1F.NCC(c1ccccc1)N1CCCC1. The van der Waals surface area contributed by atoms with E-state index in [2.05, 4.69) is 88.8 Å². The number of rotatable bonds is 17. The first-order valence-electron chi connectivity index (χ1n) is 31.8. The Hall–Kier alpha value is -9.49. The molecule has 7 N–H and O–H groups in total. The number of nitrogens with two attached hydrogens (primary N) is 1. The summed E-state index contributed by atoms with van der Waals surface area (Å²) in [6, 6.07) is 36.7. The summed E-state index contributed by atoms with van der Waals surface area (Å²) in [5.74, 6) is -4.07. The quantitative estimate of drug-likeness (QED) is 0.0368. The lowest BCUT2D eigenvalue weighted by Crippen LogP contribution is -2.43. The largest absolute Gasteiger partial charge is 0.352 e. The predicted octanol–water partition coefficient (Wildman–Crippen LogP) is 12.2. The molecule has 19 nitrogen and oxygen atoms in total. The molecule has 2 fully saturated rings. The van der Waals surface area contributed by atoms with Gasteiger partial charge in [-0.05, 0) is 164 Å². The molecule has 3 unspecified atom stereocenters. The molecule has 2 saturated heterocycles.